The van der Waals surface area contributed by atoms with Gasteiger partial charge in [-0.1, -0.05) is 66.2 Å². The molecule has 2 saturated carbocycles. The van der Waals surface area contributed by atoms with E-state index in [9.17, 15) is 9.59 Å². The second kappa shape index (κ2) is 14.3. The molecular formula is C42H39ClN8O3. The number of fused-ring (bicyclic) bond motifs is 4. The van der Waals surface area contributed by atoms with Gasteiger partial charge in [-0.05, 0) is 87.4 Å². The standard InChI is InChI=1S/C23H24N4O2.C19H15ClN4O/c28-14-6-5-9-19-17-7-1-2-8-18(17)24-22(25-19)15-26-20-10-3-4-11-21(20)27(23(26)29)16-12-13-16;20-18-13-5-1-2-6-14(13)21-17(22-18)11-23-15-7-3-4-8-16(15)24(19(23)25)12-9-10-12/h1-4,7-8,10-11,16,28H,5-6,9,12-15H2;1-8,12H,9-11H2. The molecule has 4 aromatic heterocycles. The van der Waals surface area contributed by atoms with E-state index in [-0.39, 0.29) is 18.0 Å². The van der Waals surface area contributed by atoms with E-state index in [4.69, 9.17) is 26.7 Å². The van der Waals surface area contributed by atoms with Crippen LogP contribution in [0.1, 0.15) is 68.0 Å². The lowest BCUT2D eigenvalue weighted by Gasteiger charge is -2.09. The number of hydrogen-bond donors (Lipinski definition) is 1. The summed E-state index contributed by atoms with van der Waals surface area (Å²) in [4.78, 5) is 44.7. The number of aliphatic hydroxyl groups is 1. The molecule has 272 valence electrons. The average molecular weight is 739 g/mol. The molecule has 0 bridgehead atoms. The van der Waals surface area contributed by atoms with Gasteiger partial charge in [0.2, 0.25) is 0 Å². The van der Waals surface area contributed by atoms with Crippen molar-refractivity contribution in [2.24, 2.45) is 0 Å². The molecule has 0 spiro atoms. The normalized spacial score (nSPS) is 14.3. The van der Waals surface area contributed by atoms with Crippen LogP contribution in [0.15, 0.2) is 107 Å². The third-order valence-corrected chi connectivity index (χ3v) is 10.6. The van der Waals surface area contributed by atoms with Crippen LogP contribution in [0, 0.1) is 0 Å². The molecule has 0 saturated heterocycles. The molecule has 54 heavy (non-hydrogen) atoms. The van der Waals surface area contributed by atoms with Crippen LogP contribution in [-0.2, 0) is 19.5 Å². The van der Waals surface area contributed by atoms with Crippen molar-refractivity contribution in [3.05, 3.63) is 141 Å². The van der Waals surface area contributed by atoms with E-state index >= 15 is 0 Å². The first-order valence-electron chi connectivity index (χ1n) is 18.6. The van der Waals surface area contributed by atoms with Gasteiger partial charge in [0.25, 0.3) is 0 Å². The summed E-state index contributed by atoms with van der Waals surface area (Å²) in [7, 11) is 0. The number of hydrogen-bond acceptors (Lipinski definition) is 7. The van der Waals surface area contributed by atoms with Crippen molar-refractivity contribution in [2.75, 3.05) is 6.61 Å². The van der Waals surface area contributed by atoms with Crippen LogP contribution in [0.25, 0.3) is 43.9 Å². The van der Waals surface area contributed by atoms with Crippen molar-refractivity contribution in [1.29, 1.82) is 0 Å². The number of aryl methyl sites for hydroxylation is 1. The van der Waals surface area contributed by atoms with Gasteiger partial charge in [-0.2, -0.15) is 0 Å². The average Bonchev–Trinajstić information content (AvgIpc) is 4.14. The van der Waals surface area contributed by atoms with Crippen molar-refractivity contribution in [3.8, 4) is 0 Å². The van der Waals surface area contributed by atoms with Gasteiger partial charge in [0.05, 0.1) is 51.9 Å². The number of benzene rings is 4. The second-order valence-electron chi connectivity index (χ2n) is 14.1. The van der Waals surface area contributed by atoms with Gasteiger partial charge >= 0.3 is 11.4 Å². The zero-order chi connectivity index (χ0) is 36.8. The molecule has 0 atom stereocenters. The van der Waals surface area contributed by atoms with Gasteiger partial charge < -0.3 is 5.11 Å². The molecule has 2 aliphatic rings. The highest BCUT2D eigenvalue weighted by atomic mass is 35.5. The zero-order valence-electron chi connectivity index (χ0n) is 29.7. The van der Waals surface area contributed by atoms with Gasteiger partial charge in [0, 0.05) is 29.5 Å². The van der Waals surface area contributed by atoms with Gasteiger partial charge in [-0.15, -0.1) is 0 Å². The Morgan fingerprint density at radius 1 is 0.574 bits per heavy atom. The van der Waals surface area contributed by atoms with Gasteiger partial charge in [-0.3, -0.25) is 18.3 Å². The van der Waals surface area contributed by atoms with Crippen molar-refractivity contribution >= 4 is 55.5 Å². The Bertz CT molecular complexity index is 2790. The quantitative estimate of drug-likeness (QED) is 0.116. The highest BCUT2D eigenvalue weighted by molar-refractivity contribution is 6.34. The maximum absolute atomic E-state index is 13.2. The molecule has 0 amide bonds. The van der Waals surface area contributed by atoms with Gasteiger partial charge in [-0.25, -0.2) is 29.5 Å². The van der Waals surface area contributed by atoms with Gasteiger partial charge in [0.15, 0.2) is 5.82 Å². The Kier molecular flexibility index (Phi) is 9.04. The van der Waals surface area contributed by atoms with E-state index in [2.05, 4.69) is 9.97 Å². The smallest absolute Gasteiger partial charge is 0.329 e. The number of aromatic nitrogens is 8. The molecule has 11 nitrogen and oxygen atoms in total. The summed E-state index contributed by atoms with van der Waals surface area (Å²) in [6.07, 6.45) is 6.67. The topological polar surface area (TPSA) is 126 Å². The zero-order valence-corrected chi connectivity index (χ0v) is 30.4. The number of para-hydroxylation sites is 6. The third kappa shape index (κ3) is 6.47. The van der Waals surface area contributed by atoms with E-state index < -0.39 is 0 Å². The Balaban J connectivity index is 0.000000144. The van der Waals surface area contributed by atoms with Crippen molar-refractivity contribution in [3.63, 3.8) is 0 Å². The maximum Gasteiger partial charge on any atom is 0.329 e. The largest absolute Gasteiger partial charge is 0.396 e. The summed E-state index contributed by atoms with van der Waals surface area (Å²) in [6.45, 7) is 0.854. The molecular weight excluding hydrogens is 700 g/mol. The first kappa shape index (κ1) is 34.1. The molecule has 2 aliphatic carbocycles. The number of nitrogens with zero attached hydrogens (tertiary/aromatic N) is 8. The minimum absolute atomic E-state index is 0.00317. The number of imidazole rings is 2. The monoisotopic (exact) mass is 738 g/mol. The number of halogens is 1. The van der Waals surface area contributed by atoms with E-state index in [0.717, 1.165) is 94.5 Å². The van der Waals surface area contributed by atoms with E-state index in [1.54, 1.807) is 9.13 Å². The van der Waals surface area contributed by atoms with E-state index in [1.165, 1.54) is 0 Å². The van der Waals surface area contributed by atoms with Crippen LogP contribution in [-0.4, -0.2) is 49.9 Å². The summed E-state index contributed by atoms with van der Waals surface area (Å²) < 4.78 is 7.37. The predicted molar refractivity (Wildman–Crippen MR) is 211 cm³/mol. The number of unbranched alkanes of at least 4 members (excludes halogenated alkanes) is 1. The summed E-state index contributed by atoms with van der Waals surface area (Å²) in [5.74, 6) is 1.20. The molecule has 8 aromatic rings. The molecule has 4 heterocycles. The summed E-state index contributed by atoms with van der Waals surface area (Å²) in [6, 6.07) is 32.1. The van der Waals surface area contributed by atoms with Crippen molar-refractivity contribution in [2.45, 2.75) is 70.1 Å². The summed E-state index contributed by atoms with van der Waals surface area (Å²) in [5.41, 5.74) is 6.50. The molecule has 12 heteroatoms. The first-order chi connectivity index (χ1) is 26.5. The SMILES string of the molecule is O=c1n(Cc2nc(CCCCO)c3ccccc3n2)c2ccccc2n1C1CC1.O=c1n(Cc2nc(Cl)c3ccccc3n2)c2ccccc2n1C1CC1. The third-order valence-electron chi connectivity index (χ3n) is 10.3. The van der Waals surface area contributed by atoms with Crippen molar-refractivity contribution in [1.82, 2.24) is 38.2 Å². The number of aliphatic hydroxyl groups excluding tert-OH is 1. The fourth-order valence-corrected chi connectivity index (χ4v) is 7.70. The Hall–Kier alpha value is -5.65. The molecule has 10 rings (SSSR count). The second-order valence-corrected chi connectivity index (χ2v) is 14.5. The minimum Gasteiger partial charge on any atom is -0.396 e. The Morgan fingerprint density at radius 2 is 1.04 bits per heavy atom. The maximum atomic E-state index is 13.2. The lowest BCUT2D eigenvalue weighted by atomic mass is 10.1. The van der Waals surface area contributed by atoms with Crippen LogP contribution in [0.5, 0.6) is 0 Å². The lowest BCUT2D eigenvalue weighted by Crippen LogP contribution is -2.25. The fourth-order valence-electron chi connectivity index (χ4n) is 7.44. The molecule has 1 N–H and O–H groups in total. The van der Waals surface area contributed by atoms with Crippen LogP contribution in [0.3, 0.4) is 0 Å². The molecule has 0 unspecified atom stereocenters. The van der Waals surface area contributed by atoms with E-state index in [1.807, 2.05) is 106 Å². The highest BCUT2D eigenvalue weighted by Gasteiger charge is 2.30. The van der Waals surface area contributed by atoms with Crippen LogP contribution >= 0.6 is 11.6 Å². The first-order valence-corrected chi connectivity index (χ1v) is 19.0. The van der Waals surface area contributed by atoms with Gasteiger partial charge in [0.1, 0.15) is 11.0 Å². The van der Waals surface area contributed by atoms with Crippen LogP contribution in [0.4, 0.5) is 0 Å². The Morgan fingerprint density at radius 3 is 1.57 bits per heavy atom. The lowest BCUT2D eigenvalue weighted by molar-refractivity contribution is 0.284. The summed E-state index contributed by atoms with van der Waals surface area (Å²) >= 11 is 6.31. The van der Waals surface area contributed by atoms with Crippen molar-refractivity contribution < 1.29 is 5.11 Å². The van der Waals surface area contributed by atoms with E-state index in [0.29, 0.717) is 42.0 Å². The molecule has 2 fully saturated rings. The van der Waals surface area contributed by atoms with Crippen LogP contribution in [0.2, 0.25) is 5.15 Å². The molecule has 0 aliphatic heterocycles. The number of rotatable bonds is 10. The Labute approximate surface area is 315 Å². The predicted octanol–water partition coefficient (Wildman–Crippen LogP) is 7.23. The molecule has 0 radical (unpaired) electrons. The minimum atomic E-state index is -0.00317. The van der Waals surface area contributed by atoms with Crippen LogP contribution < -0.4 is 11.4 Å². The molecule has 4 aromatic carbocycles. The highest BCUT2D eigenvalue weighted by Crippen LogP contribution is 2.37. The fraction of sp³-hybridized carbons (Fsp3) is 0.286. The summed E-state index contributed by atoms with van der Waals surface area (Å²) in [5, 5.41) is 11.4.